The Hall–Kier alpha value is -6.16. The minimum Gasteiger partial charge on any atom is -0.307 e. The van der Waals surface area contributed by atoms with E-state index in [1.54, 1.807) is 85.1 Å². The number of anilines is 1. The van der Waals surface area contributed by atoms with E-state index in [1.807, 2.05) is 32.9 Å². The fourth-order valence-electron chi connectivity index (χ4n) is 8.21. The summed E-state index contributed by atoms with van der Waals surface area (Å²) in [6, 6.07) is 26.5. The van der Waals surface area contributed by atoms with Crippen LogP contribution < -0.4 is 4.90 Å². The Morgan fingerprint density at radius 1 is 0.491 bits per heavy atom. The SMILES string of the molecule is Cc1cc(-c2cccc3c4cccc(-c5cc(C)cc(C(F)(F)F)c5)c4n(-c4cccc5c4C(=O)N(c4c(C)cc(C)cc4C)C5=O)c23)cc(C(F)(F)F)c1. The molecule has 6 aromatic carbocycles. The van der Waals surface area contributed by atoms with Gasteiger partial charge in [0.05, 0.1) is 44.7 Å². The first-order valence-corrected chi connectivity index (χ1v) is 17.5. The molecule has 1 aliphatic heterocycles. The fourth-order valence-corrected chi connectivity index (χ4v) is 8.21. The molecule has 0 unspecified atom stereocenters. The summed E-state index contributed by atoms with van der Waals surface area (Å²) in [5, 5.41) is 1.18. The van der Waals surface area contributed by atoms with Gasteiger partial charge in [0.25, 0.3) is 11.8 Å². The molecular formula is C45H32F6N2O2. The lowest BCUT2D eigenvalue weighted by molar-refractivity contribution is -0.138. The van der Waals surface area contributed by atoms with E-state index in [9.17, 15) is 35.9 Å². The van der Waals surface area contributed by atoms with Crippen LogP contribution in [-0.4, -0.2) is 16.4 Å². The summed E-state index contributed by atoms with van der Waals surface area (Å²) >= 11 is 0. The summed E-state index contributed by atoms with van der Waals surface area (Å²) in [6.45, 7) is 8.69. The van der Waals surface area contributed by atoms with Crippen molar-refractivity contribution in [3.63, 3.8) is 0 Å². The van der Waals surface area contributed by atoms with E-state index in [0.717, 1.165) is 45.9 Å². The molecule has 55 heavy (non-hydrogen) atoms. The maximum absolute atomic E-state index is 14.7. The average Bonchev–Trinajstić information content (AvgIpc) is 3.58. The summed E-state index contributed by atoms with van der Waals surface area (Å²) in [6.07, 6.45) is -9.28. The van der Waals surface area contributed by atoms with E-state index >= 15 is 0 Å². The van der Waals surface area contributed by atoms with Gasteiger partial charge in [-0.25, -0.2) is 4.90 Å². The lowest BCUT2D eigenvalue weighted by atomic mass is 9.96. The van der Waals surface area contributed by atoms with E-state index in [4.69, 9.17) is 0 Å². The molecule has 2 amide bonds. The first kappa shape index (κ1) is 35.8. The van der Waals surface area contributed by atoms with Crippen molar-refractivity contribution in [2.75, 3.05) is 4.90 Å². The summed E-state index contributed by atoms with van der Waals surface area (Å²) < 4.78 is 87.0. The highest BCUT2D eigenvalue weighted by Crippen LogP contribution is 2.46. The number of amides is 2. The van der Waals surface area contributed by atoms with Gasteiger partial charge < -0.3 is 4.57 Å². The molecule has 0 radical (unpaired) electrons. The van der Waals surface area contributed by atoms with Crippen LogP contribution in [0.2, 0.25) is 0 Å². The van der Waals surface area contributed by atoms with E-state index < -0.39 is 35.3 Å². The third kappa shape index (κ3) is 5.78. The van der Waals surface area contributed by atoms with Gasteiger partial charge in [-0.05, 0) is 104 Å². The molecule has 0 saturated heterocycles. The number of nitrogens with zero attached hydrogens (tertiary/aromatic N) is 2. The second kappa shape index (κ2) is 12.4. The second-order valence-corrected chi connectivity index (χ2v) is 14.3. The number of imide groups is 1. The molecule has 4 nitrogen and oxygen atoms in total. The van der Waals surface area contributed by atoms with Gasteiger partial charge in [-0.3, -0.25) is 9.59 Å². The Morgan fingerprint density at radius 3 is 1.40 bits per heavy atom. The number of carbonyl (C=O) groups excluding carboxylic acids is 2. The van der Waals surface area contributed by atoms with Gasteiger partial charge in [0, 0.05) is 21.9 Å². The number of hydrogen-bond acceptors (Lipinski definition) is 2. The molecule has 7 aromatic rings. The third-order valence-corrected chi connectivity index (χ3v) is 10.2. The van der Waals surface area contributed by atoms with Gasteiger partial charge in [0.2, 0.25) is 0 Å². The van der Waals surface area contributed by atoms with Crippen molar-refractivity contribution in [2.24, 2.45) is 0 Å². The zero-order valence-electron chi connectivity index (χ0n) is 30.3. The lowest BCUT2D eigenvalue weighted by Crippen LogP contribution is -2.31. The predicted molar refractivity (Wildman–Crippen MR) is 203 cm³/mol. The molecule has 0 bridgehead atoms. The molecule has 0 spiro atoms. The number of hydrogen-bond donors (Lipinski definition) is 0. The number of benzene rings is 6. The Labute approximate surface area is 312 Å². The number of fused-ring (bicyclic) bond motifs is 4. The molecule has 1 aromatic heterocycles. The quantitative estimate of drug-likeness (QED) is 0.133. The maximum Gasteiger partial charge on any atom is 0.416 e. The summed E-state index contributed by atoms with van der Waals surface area (Å²) in [4.78, 5) is 30.1. The Bertz CT molecular complexity index is 2650. The largest absolute Gasteiger partial charge is 0.416 e. The predicted octanol–water partition coefficient (Wildman–Crippen LogP) is 12.5. The standard InChI is InChI=1S/C45H32F6N2O2/c1-23-15-26(4)39(27(5)16-23)53-42(54)36-13-8-14-37(38(36)43(53)55)52-40-32(28-17-24(2)19-30(21-28)44(46,47)48)9-6-11-34(40)35-12-7-10-33(41(35)52)29-18-25(3)20-31(22-29)45(49,50)51/h6-22H,1-5H3. The van der Waals surface area contributed by atoms with Gasteiger partial charge in [0.15, 0.2) is 0 Å². The molecule has 0 aliphatic carbocycles. The maximum atomic E-state index is 14.7. The van der Waals surface area contributed by atoms with E-state index in [0.29, 0.717) is 49.7 Å². The van der Waals surface area contributed by atoms with E-state index in [2.05, 4.69) is 0 Å². The molecule has 0 fully saturated rings. The second-order valence-electron chi connectivity index (χ2n) is 14.3. The highest BCUT2D eigenvalue weighted by atomic mass is 19.4. The van der Waals surface area contributed by atoms with E-state index in [-0.39, 0.29) is 27.9 Å². The number of aromatic nitrogens is 1. The van der Waals surface area contributed by atoms with Crippen molar-refractivity contribution in [1.82, 2.24) is 4.57 Å². The lowest BCUT2D eigenvalue weighted by Gasteiger charge is -2.20. The van der Waals surface area contributed by atoms with Crippen LogP contribution >= 0.6 is 0 Å². The van der Waals surface area contributed by atoms with Crippen molar-refractivity contribution < 1.29 is 35.9 Å². The van der Waals surface area contributed by atoms with Gasteiger partial charge in [0.1, 0.15) is 0 Å². The van der Waals surface area contributed by atoms with Crippen LogP contribution in [0.25, 0.3) is 49.7 Å². The first-order valence-electron chi connectivity index (χ1n) is 17.5. The van der Waals surface area contributed by atoms with Crippen molar-refractivity contribution >= 4 is 39.3 Å². The number of rotatable bonds is 4. The fraction of sp³-hybridized carbons (Fsp3) is 0.156. The minimum absolute atomic E-state index is 0.0655. The smallest absolute Gasteiger partial charge is 0.307 e. The van der Waals surface area contributed by atoms with Crippen molar-refractivity contribution in [3.05, 3.63) is 153 Å². The van der Waals surface area contributed by atoms with E-state index in [1.165, 1.54) is 0 Å². The molecule has 0 saturated carbocycles. The Balaban J connectivity index is 1.51. The molecule has 10 heteroatoms. The summed E-state index contributed by atoms with van der Waals surface area (Å²) in [5.74, 6) is -1.14. The van der Waals surface area contributed by atoms with Crippen molar-refractivity contribution in [2.45, 2.75) is 47.0 Å². The number of alkyl halides is 6. The van der Waals surface area contributed by atoms with Gasteiger partial charge >= 0.3 is 12.4 Å². The minimum atomic E-state index is -4.64. The van der Waals surface area contributed by atoms with Crippen LogP contribution in [0.3, 0.4) is 0 Å². The van der Waals surface area contributed by atoms with Crippen LogP contribution in [0.15, 0.2) is 103 Å². The Morgan fingerprint density at radius 2 is 0.927 bits per heavy atom. The van der Waals surface area contributed by atoms with Crippen molar-refractivity contribution in [1.29, 1.82) is 0 Å². The highest BCUT2D eigenvalue weighted by molar-refractivity contribution is 6.36. The van der Waals surface area contributed by atoms with Gasteiger partial charge in [-0.1, -0.05) is 72.3 Å². The molecule has 0 atom stereocenters. The summed E-state index contributed by atoms with van der Waals surface area (Å²) in [5.41, 5.74) is 4.45. The van der Waals surface area contributed by atoms with Crippen LogP contribution in [0.1, 0.15) is 59.7 Å². The molecule has 0 N–H and O–H groups in total. The van der Waals surface area contributed by atoms with Crippen LogP contribution in [0, 0.1) is 34.6 Å². The van der Waals surface area contributed by atoms with Crippen LogP contribution in [0.4, 0.5) is 32.0 Å². The monoisotopic (exact) mass is 746 g/mol. The number of aryl methyl sites for hydroxylation is 5. The Kier molecular flexibility index (Phi) is 8.11. The number of para-hydroxylation sites is 2. The van der Waals surface area contributed by atoms with Gasteiger partial charge in [-0.2, -0.15) is 26.3 Å². The van der Waals surface area contributed by atoms with Gasteiger partial charge in [-0.15, -0.1) is 0 Å². The van der Waals surface area contributed by atoms with Crippen molar-refractivity contribution in [3.8, 4) is 27.9 Å². The molecule has 1 aliphatic rings. The highest BCUT2D eigenvalue weighted by Gasteiger charge is 2.41. The number of halogens is 6. The molecular weight excluding hydrogens is 714 g/mol. The average molecular weight is 747 g/mol. The van der Waals surface area contributed by atoms with Crippen LogP contribution in [0.5, 0.6) is 0 Å². The first-order chi connectivity index (χ1) is 25.9. The normalized spacial score (nSPS) is 13.4. The molecule has 8 rings (SSSR count). The summed E-state index contributed by atoms with van der Waals surface area (Å²) in [7, 11) is 0. The van der Waals surface area contributed by atoms with Crippen LogP contribution in [-0.2, 0) is 12.4 Å². The molecule has 276 valence electrons. The molecule has 2 heterocycles. The zero-order chi connectivity index (χ0) is 39.3. The topological polar surface area (TPSA) is 42.3 Å². The zero-order valence-corrected chi connectivity index (χ0v) is 30.3. The number of carbonyl (C=O) groups is 2. The third-order valence-electron chi connectivity index (χ3n) is 10.2.